The van der Waals surface area contributed by atoms with Crippen LogP contribution >= 0.6 is 11.3 Å². The minimum atomic E-state index is -0.300. The topological polar surface area (TPSA) is 110 Å². The van der Waals surface area contributed by atoms with Gasteiger partial charge in [0.2, 0.25) is 5.89 Å². The highest BCUT2D eigenvalue weighted by Gasteiger charge is 2.17. The van der Waals surface area contributed by atoms with E-state index in [1.807, 2.05) is 14.1 Å². The molecule has 2 aromatic rings. The number of hydrogen-bond acceptors (Lipinski definition) is 8. The Labute approximate surface area is 113 Å². The van der Waals surface area contributed by atoms with Gasteiger partial charge in [-0.2, -0.15) is 4.98 Å². The molecule has 0 bridgehead atoms. The molecule has 2 rings (SSSR count). The van der Waals surface area contributed by atoms with Crippen molar-refractivity contribution in [1.82, 2.24) is 20.4 Å². The van der Waals surface area contributed by atoms with Gasteiger partial charge in [-0.05, 0) is 0 Å². The number of nitrogens with two attached hydrogens (primary N) is 1. The summed E-state index contributed by atoms with van der Waals surface area (Å²) in [6, 6.07) is 0. The van der Waals surface area contributed by atoms with E-state index in [1.54, 1.807) is 11.8 Å². The van der Waals surface area contributed by atoms with Crippen LogP contribution in [0.5, 0.6) is 0 Å². The fourth-order valence-corrected chi connectivity index (χ4v) is 2.15. The molecule has 0 spiro atoms. The fraction of sp³-hybridized carbons (Fsp3) is 0.400. The van der Waals surface area contributed by atoms with E-state index in [1.165, 1.54) is 11.3 Å². The number of amides is 1. The number of aromatic nitrogens is 3. The van der Waals surface area contributed by atoms with Crippen molar-refractivity contribution >= 4 is 28.2 Å². The number of rotatable bonds is 4. The van der Waals surface area contributed by atoms with Crippen LogP contribution in [0, 0.1) is 6.92 Å². The number of nitrogen functional groups attached to an aromatic ring is 1. The number of anilines is 2. The van der Waals surface area contributed by atoms with Gasteiger partial charge in [-0.1, -0.05) is 16.5 Å². The van der Waals surface area contributed by atoms with Crippen LogP contribution in [0.3, 0.4) is 0 Å². The summed E-state index contributed by atoms with van der Waals surface area (Å²) in [4.78, 5) is 22.2. The first-order valence-electron chi connectivity index (χ1n) is 5.48. The third kappa shape index (κ3) is 2.99. The van der Waals surface area contributed by atoms with Crippen LogP contribution in [0.15, 0.2) is 4.52 Å². The lowest BCUT2D eigenvalue weighted by Crippen LogP contribution is -2.23. The predicted molar refractivity (Wildman–Crippen MR) is 71.1 cm³/mol. The molecule has 9 heteroatoms. The lowest BCUT2D eigenvalue weighted by Gasteiger charge is -2.04. The van der Waals surface area contributed by atoms with Gasteiger partial charge in [-0.15, -0.1) is 0 Å². The van der Waals surface area contributed by atoms with Gasteiger partial charge in [-0.25, -0.2) is 4.98 Å². The van der Waals surface area contributed by atoms with Crippen LogP contribution in [-0.4, -0.2) is 35.1 Å². The Morgan fingerprint density at radius 1 is 1.47 bits per heavy atom. The molecule has 0 radical (unpaired) electrons. The Hall–Kier alpha value is -2.16. The van der Waals surface area contributed by atoms with Crippen molar-refractivity contribution in [2.75, 3.05) is 24.7 Å². The number of carbonyl (C=O) groups excluding carboxylic acids is 1. The van der Waals surface area contributed by atoms with E-state index in [2.05, 4.69) is 20.4 Å². The van der Waals surface area contributed by atoms with Gasteiger partial charge in [-0.3, -0.25) is 4.79 Å². The predicted octanol–water partition coefficient (Wildman–Crippen LogP) is 0.413. The highest BCUT2D eigenvalue weighted by Crippen LogP contribution is 2.26. The largest absolute Gasteiger partial charge is 0.382 e. The number of nitrogens with one attached hydrogen (secondary N) is 1. The van der Waals surface area contributed by atoms with Crippen molar-refractivity contribution in [3.63, 3.8) is 0 Å². The van der Waals surface area contributed by atoms with Crippen molar-refractivity contribution < 1.29 is 9.32 Å². The van der Waals surface area contributed by atoms with Gasteiger partial charge in [0, 0.05) is 21.0 Å². The lowest BCUT2D eigenvalue weighted by atomic mass is 10.4. The summed E-state index contributed by atoms with van der Waals surface area (Å²) in [5, 5.41) is 7.03. The second-order valence-corrected chi connectivity index (χ2v) is 5.00. The van der Waals surface area contributed by atoms with Crippen LogP contribution in [0.25, 0.3) is 0 Å². The standard InChI is InChI=1S/C10H14N6O2S/c1-5-13-6(15-18-5)4-12-9(17)7-8(11)14-10(19-7)16(2)3/h4,11H2,1-3H3,(H,12,17). The van der Waals surface area contributed by atoms with Crippen molar-refractivity contribution in [1.29, 1.82) is 0 Å². The number of hydrogen-bond donors (Lipinski definition) is 2. The maximum absolute atomic E-state index is 12.0. The SMILES string of the molecule is Cc1nc(CNC(=O)c2sc(N(C)C)nc2N)no1. The molecule has 0 aliphatic heterocycles. The van der Waals surface area contributed by atoms with Crippen LogP contribution in [0.2, 0.25) is 0 Å². The summed E-state index contributed by atoms with van der Waals surface area (Å²) in [5.74, 6) is 0.791. The molecule has 8 nitrogen and oxygen atoms in total. The van der Waals surface area contributed by atoms with E-state index in [0.717, 1.165) is 0 Å². The zero-order chi connectivity index (χ0) is 14.0. The molecular formula is C10H14N6O2S. The molecule has 102 valence electrons. The monoisotopic (exact) mass is 282 g/mol. The van der Waals surface area contributed by atoms with Gasteiger partial charge < -0.3 is 20.5 Å². The fourth-order valence-electron chi connectivity index (χ4n) is 1.33. The van der Waals surface area contributed by atoms with Crippen LogP contribution < -0.4 is 16.0 Å². The maximum Gasteiger partial charge on any atom is 0.265 e. The summed E-state index contributed by atoms with van der Waals surface area (Å²) in [7, 11) is 3.67. The summed E-state index contributed by atoms with van der Waals surface area (Å²) in [6.07, 6.45) is 0. The third-order valence-corrected chi connectivity index (χ3v) is 3.45. The first-order chi connectivity index (χ1) is 8.97. The van der Waals surface area contributed by atoms with Gasteiger partial charge in [0.05, 0.1) is 6.54 Å². The van der Waals surface area contributed by atoms with Crippen LogP contribution in [0.4, 0.5) is 10.9 Å². The second-order valence-electron chi connectivity index (χ2n) is 4.02. The molecule has 0 aliphatic carbocycles. The smallest absolute Gasteiger partial charge is 0.265 e. The number of thiazole rings is 1. The van der Waals surface area contributed by atoms with Crippen molar-refractivity contribution in [3.8, 4) is 0 Å². The Kier molecular flexibility index (Phi) is 3.65. The molecule has 2 aromatic heterocycles. The van der Waals surface area contributed by atoms with Crippen molar-refractivity contribution in [3.05, 3.63) is 16.6 Å². The highest BCUT2D eigenvalue weighted by atomic mass is 32.1. The van der Waals surface area contributed by atoms with Gasteiger partial charge >= 0.3 is 0 Å². The molecule has 1 amide bonds. The van der Waals surface area contributed by atoms with Crippen LogP contribution in [0.1, 0.15) is 21.4 Å². The molecule has 0 saturated heterocycles. The Bertz CT molecular complexity index is 591. The second kappa shape index (κ2) is 5.22. The molecule has 19 heavy (non-hydrogen) atoms. The van der Waals surface area contributed by atoms with E-state index in [-0.39, 0.29) is 18.3 Å². The Morgan fingerprint density at radius 3 is 2.74 bits per heavy atom. The quantitative estimate of drug-likeness (QED) is 0.835. The first-order valence-corrected chi connectivity index (χ1v) is 6.30. The molecule has 0 atom stereocenters. The zero-order valence-corrected chi connectivity index (χ0v) is 11.6. The number of carbonyl (C=O) groups is 1. The zero-order valence-electron chi connectivity index (χ0n) is 10.8. The van der Waals surface area contributed by atoms with Crippen molar-refractivity contribution in [2.45, 2.75) is 13.5 Å². The third-order valence-electron chi connectivity index (χ3n) is 2.21. The van der Waals surface area contributed by atoms with E-state index < -0.39 is 0 Å². The molecule has 0 saturated carbocycles. The van der Waals surface area contributed by atoms with E-state index in [0.29, 0.717) is 21.7 Å². The van der Waals surface area contributed by atoms with E-state index >= 15 is 0 Å². The summed E-state index contributed by atoms with van der Waals surface area (Å²) < 4.78 is 4.81. The lowest BCUT2D eigenvalue weighted by molar-refractivity contribution is 0.0954. The minimum absolute atomic E-state index is 0.185. The molecular weight excluding hydrogens is 268 g/mol. The van der Waals surface area contributed by atoms with E-state index in [4.69, 9.17) is 10.3 Å². The molecule has 2 heterocycles. The molecule has 0 aromatic carbocycles. The average Bonchev–Trinajstić information content (AvgIpc) is 2.92. The molecule has 3 N–H and O–H groups in total. The molecule has 0 fully saturated rings. The molecule has 0 unspecified atom stereocenters. The molecule has 0 aliphatic rings. The van der Waals surface area contributed by atoms with Crippen molar-refractivity contribution in [2.24, 2.45) is 0 Å². The minimum Gasteiger partial charge on any atom is -0.382 e. The number of nitrogens with zero attached hydrogens (tertiary/aromatic N) is 4. The Morgan fingerprint density at radius 2 is 2.21 bits per heavy atom. The summed E-state index contributed by atoms with van der Waals surface area (Å²) >= 11 is 1.23. The summed E-state index contributed by atoms with van der Waals surface area (Å²) in [5.41, 5.74) is 5.72. The number of aryl methyl sites for hydroxylation is 1. The highest BCUT2D eigenvalue weighted by molar-refractivity contribution is 7.18. The van der Waals surface area contributed by atoms with Gasteiger partial charge in [0.15, 0.2) is 11.0 Å². The van der Waals surface area contributed by atoms with Gasteiger partial charge in [0.25, 0.3) is 5.91 Å². The first kappa shape index (κ1) is 13.3. The summed E-state index contributed by atoms with van der Waals surface area (Å²) in [6.45, 7) is 1.87. The van der Waals surface area contributed by atoms with Crippen LogP contribution in [-0.2, 0) is 6.54 Å². The average molecular weight is 282 g/mol. The Balaban J connectivity index is 2.03. The van der Waals surface area contributed by atoms with E-state index in [9.17, 15) is 4.79 Å². The van der Waals surface area contributed by atoms with Gasteiger partial charge in [0.1, 0.15) is 10.7 Å². The normalized spacial score (nSPS) is 10.5. The maximum atomic E-state index is 12.0.